The van der Waals surface area contributed by atoms with Crippen molar-refractivity contribution in [2.24, 2.45) is 30.7 Å². The third-order valence-electron chi connectivity index (χ3n) is 24.2. The molecule has 148 heavy (non-hydrogen) atoms. The highest BCUT2D eigenvalue weighted by Gasteiger charge is 2.41. The normalized spacial score (nSPS) is 12.9. The number of aromatic nitrogens is 8. The van der Waals surface area contributed by atoms with Crippen molar-refractivity contribution in [2.45, 2.75) is 239 Å². The zero-order chi connectivity index (χ0) is 107. The van der Waals surface area contributed by atoms with Crippen molar-refractivity contribution in [3.05, 3.63) is 259 Å². The van der Waals surface area contributed by atoms with Crippen LogP contribution in [0.3, 0.4) is 0 Å². The van der Waals surface area contributed by atoms with Gasteiger partial charge in [0.05, 0.1) is 145 Å². The highest BCUT2D eigenvalue weighted by atomic mass is 32.2. The number of sulfonamides is 4. The molecule has 5 aromatic carbocycles. The Morgan fingerprint density at radius 3 is 1.38 bits per heavy atom. The smallest absolute Gasteiger partial charge is 0.244 e. The molecule has 10 aromatic heterocycles. The first-order valence-corrected chi connectivity index (χ1v) is 58.9. The number of furan rings is 4. The molecule has 0 fully saturated rings. The summed E-state index contributed by atoms with van der Waals surface area (Å²) in [7, 11) is -14.4. The standard InChI is InChI=1S/C28H37N5O4S2.C27H38N4O5S2.C26H24N4O4S3.C25H36N4O4S/c1-18(2)14-32(15-23-17-38-27(29-23)19(3)4)28(34)21(6)33(16-24-12-20(5)30-31(24)7)39(35,36)25-8-9-26-22(13-25)10-11-37-26;1-6-11-30(12-7-2)27(33)24(29-38(34,35)23-8-9-25-21(14-23)10-13-36-25)15-26(32)31(16-19(3)4)17-22-18-37-20(5)28-22;31-26(30(15-22-14-27-17-36-22)10-8-19-4-2-1-3-5-19)24(13-21-16-35-18-28-21)29-37(32,33)23-6-7-25-20(12-23)9-11-34-25;1-7-27-17-26-13-22(27)16-29(20(6)25(30)28(14-18(2)3)15-19(4)5)34(31,32)23-8-9-24-21(12-23)10-11-33-24/h8-13,17-19,21H,14-16H2,1-7H3;8-10,13-14,18-19,24,29H,6-7,11-12,15-17H2,1-5H3;1-7,9,11-12,14,16-18,24,29H,8,10,13,15H2;8-13,17-20H,7,14-16H2,1-6H3/t21-;2*24-;20-/m0000/s1. The van der Waals surface area contributed by atoms with Crippen molar-refractivity contribution in [1.29, 1.82) is 0 Å². The average Bonchev–Trinajstić information content (AvgIpc) is 1.47. The molecular formula is C106H135N17O17S8. The van der Waals surface area contributed by atoms with Gasteiger partial charge in [0.25, 0.3) is 0 Å². The number of amides is 5. The monoisotopic (exact) mass is 2170 g/mol. The first kappa shape index (κ1) is 115. The molecule has 5 amide bonds. The van der Waals surface area contributed by atoms with Crippen molar-refractivity contribution in [3.63, 3.8) is 0 Å². The lowest BCUT2D eigenvalue weighted by Gasteiger charge is -2.34. The molecule has 34 nitrogen and oxygen atoms in total. The number of rotatable bonds is 47. The van der Waals surface area contributed by atoms with Gasteiger partial charge in [-0.1, -0.05) is 113 Å². The Kier molecular flexibility index (Phi) is 40.8. The van der Waals surface area contributed by atoms with Gasteiger partial charge in [-0.05, 0) is 186 Å². The van der Waals surface area contributed by atoms with Gasteiger partial charge in [-0.25, -0.2) is 53.6 Å². The van der Waals surface area contributed by atoms with Crippen molar-refractivity contribution in [3.8, 4) is 0 Å². The van der Waals surface area contributed by atoms with Crippen LogP contribution < -0.4 is 9.44 Å². The molecule has 0 aliphatic heterocycles. The number of fused-ring (bicyclic) bond motifs is 4. The minimum Gasteiger partial charge on any atom is -0.464 e. The summed E-state index contributed by atoms with van der Waals surface area (Å²) in [6.07, 6.45) is 13.0. The Morgan fingerprint density at radius 2 is 0.919 bits per heavy atom. The summed E-state index contributed by atoms with van der Waals surface area (Å²) in [5.74, 6) is -0.270. The number of hydrogen-bond donors (Lipinski definition) is 2. The summed E-state index contributed by atoms with van der Waals surface area (Å²) in [6.45, 7) is 38.6. The molecule has 0 bridgehead atoms. The van der Waals surface area contributed by atoms with E-state index in [0.717, 1.165) is 56.1 Å². The predicted molar refractivity (Wildman–Crippen MR) is 578 cm³/mol. The second kappa shape index (κ2) is 52.6. The second-order valence-electron chi connectivity index (χ2n) is 38.5. The van der Waals surface area contributed by atoms with E-state index in [0.29, 0.717) is 140 Å². The van der Waals surface area contributed by atoms with Crippen molar-refractivity contribution < 1.29 is 75.3 Å². The van der Waals surface area contributed by atoms with Gasteiger partial charge in [0.1, 0.15) is 46.5 Å². The molecule has 4 atom stereocenters. The van der Waals surface area contributed by atoms with Crippen molar-refractivity contribution >= 4 is 159 Å². The number of imidazole rings is 1. The number of aryl methyl sites for hydroxylation is 4. The summed E-state index contributed by atoms with van der Waals surface area (Å²) in [6, 6.07) is 33.1. The lowest BCUT2D eigenvalue weighted by Crippen LogP contribution is -2.51. The number of benzene rings is 5. The number of thiazole rings is 4. The Balaban J connectivity index is 0.000000175. The first-order valence-electron chi connectivity index (χ1n) is 49.4. The second-order valence-corrected chi connectivity index (χ2v) is 49.4. The average molecular weight is 2180 g/mol. The highest BCUT2D eigenvalue weighted by Crippen LogP contribution is 2.33. The fraction of sp³-hybridized carbons (Fsp3) is 0.425. The molecule has 15 aromatic rings. The molecule has 10 heterocycles. The van der Waals surface area contributed by atoms with E-state index in [2.05, 4.69) is 76.0 Å². The van der Waals surface area contributed by atoms with Crippen LogP contribution in [0.1, 0.15) is 184 Å². The number of hydrogen-bond acceptors (Lipinski definition) is 27. The SMILES string of the molecule is CCCN(CCC)C(=O)[C@H](CC(=O)N(Cc1csc(C)n1)CC(C)C)NS(=O)(=O)c1ccc2occc2c1.CCn1cncc1CN([C@@H](C)C(=O)N(CC(C)C)CC(C)C)S(=O)(=O)c1ccc2occc2c1.Cc1cc(CN([C@@H](C)C(=O)N(Cc2csc(C(C)C)n2)CC(C)C)S(=O)(=O)c2ccc3occc3c2)n(C)n1.O=C([C@H](Cc1cscn1)NS(=O)(=O)c1ccc2occc2c1)N(CCc1ccccc1)Cc1cncs1. The molecule has 0 saturated carbocycles. The Morgan fingerprint density at radius 1 is 0.446 bits per heavy atom. The molecular weight excluding hydrogens is 2040 g/mol. The van der Waals surface area contributed by atoms with Crippen LogP contribution in [0.5, 0.6) is 0 Å². The van der Waals surface area contributed by atoms with Crippen LogP contribution in [0, 0.1) is 37.5 Å². The molecule has 0 radical (unpaired) electrons. The van der Waals surface area contributed by atoms with Gasteiger partial charge < -0.3 is 46.7 Å². The van der Waals surface area contributed by atoms with Gasteiger partial charge >= 0.3 is 0 Å². The fourth-order valence-electron chi connectivity index (χ4n) is 17.0. The van der Waals surface area contributed by atoms with Crippen LogP contribution in [0.15, 0.2) is 242 Å². The van der Waals surface area contributed by atoms with E-state index >= 15 is 0 Å². The maximum Gasteiger partial charge on any atom is 0.244 e. The first-order chi connectivity index (χ1) is 70.4. The van der Waals surface area contributed by atoms with Crippen LogP contribution in [0.25, 0.3) is 43.9 Å². The van der Waals surface area contributed by atoms with E-state index in [1.807, 2.05) is 119 Å². The minimum absolute atomic E-state index is 0.000277. The minimum atomic E-state index is -4.11. The summed E-state index contributed by atoms with van der Waals surface area (Å²) in [4.78, 5) is 100. The summed E-state index contributed by atoms with van der Waals surface area (Å²) in [5.41, 5.74) is 11.3. The largest absolute Gasteiger partial charge is 0.464 e. The summed E-state index contributed by atoms with van der Waals surface area (Å²) >= 11 is 5.95. The van der Waals surface area contributed by atoms with Crippen LogP contribution in [0.2, 0.25) is 0 Å². The highest BCUT2D eigenvalue weighted by molar-refractivity contribution is 7.90. The molecule has 0 aliphatic rings. The number of nitrogens with one attached hydrogen (secondary N) is 2. The van der Waals surface area contributed by atoms with Crippen molar-refractivity contribution in [1.82, 2.24) is 81.8 Å². The topological polar surface area (TPSA) is 408 Å². The van der Waals surface area contributed by atoms with Gasteiger partial charge in [0.2, 0.25) is 69.6 Å². The fourth-order valence-corrected chi connectivity index (χ4v) is 25.2. The number of carbonyl (C=O) groups is 5. The maximum absolute atomic E-state index is 14.1. The molecule has 0 saturated heterocycles. The number of nitrogens with zero attached hydrogens (tertiary/aromatic N) is 15. The van der Waals surface area contributed by atoms with E-state index in [1.54, 1.807) is 152 Å². The zero-order valence-corrected chi connectivity index (χ0v) is 93.5. The molecule has 794 valence electrons. The Labute approximate surface area is 883 Å². The van der Waals surface area contributed by atoms with E-state index in [4.69, 9.17) is 22.7 Å². The van der Waals surface area contributed by atoms with Crippen molar-refractivity contribution in [2.75, 3.05) is 45.8 Å². The van der Waals surface area contributed by atoms with E-state index in [9.17, 15) is 57.6 Å². The molecule has 15 rings (SSSR count). The Hall–Kier alpha value is -11.8. The molecule has 2 N–H and O–H groups in total. The third-order valence-corrected chi connectivity index (χ3v) is 34.3. The van der Waals surface area contributed by atoms with Crippen LogP contribution in [-0.2, 0) is 123 Å². The van der Waals surface area contributed by atoms with Crippen LogP contribution in [-0.4, -0.2) is 206 Å². The van der Waals surface area contributed by atoms with Crippen LogP contribution in [0.4, 0.5) is 0 Å². The van der Waals surface area contributed by atoms with E-state index in [-0.39, 0.29) is 92.8 Å². The van der Waals surface area contributed by atoms with E-state index in [1.165, 1.54) is 104 Å². The Bertz CT molecular complexity index is 7350. The van der Waals surface area contributed by atoms with Gasteiger partial charge in [0.15, 0.2) is 0 Å². The van der Waals surface area contributed by atoms with Gasteiger partial charge in [-0.15, -0.1) is 45.3 Å². The maximum atomic E-state index is 14.1. The molecule has 0 spiro atoms. The zero-order valence-electron chi connectivity index (χ0n) is 87.0. The molecule has 42 heteroatoms. The summed E-state index contributed by atoms with van der Waals surface area (Å²) < 4.78 is 143. The third kappa shape index (κ3) is 31.0. The summed E-state index contributed by atoms with van der Waals surface area (Å²) in [5, 5.41) is 14.7. The molecule has 0 unspecified atom stereocenters. The van der Waals surface area contributed by atoms with Gasteiger partial charge in [0, 0.05) is 127 Å². The van der Waals surface area contributed by atoms with Gasteiger partial charge in [-0.3, -0.25) is 33.6 Å². The number of carbonyl (C=O) groups excluding carboxylic acids is 5. The molecule has 0 aliphatic carbocycles. The predicted octanol–water partition coefficient (Wildman–Crippen LogP) is 18.8. The van der Waals surface area contributed by atoms with E-state index < -0.39 is 70.2 Å². The van der Waals surface area contributed by atoms with Crippen LogP contribution >= 0.6 is 45.3 Å². The van der Waals surface area contributed by atoms with Gasteiger partial charge in [-0.2, -0.15) is 23.2 Å². The lowest BCUT2D eigenvalue weighted by atomic mass is 10.1. The quantitative estimate of drug-likeness (QED) is 0.0358. The lowest BCUT2D eigenvalue weighted by molar-refractivity contribution is -0.139.